The highest BCUT2D eigenvalue weighted by Crippen LogP contribution is 2.35. The molecular formula is C15H26N2O2. The lowest BCUT2D eigenvalue weighted by Gasteiger charge is -2.52. The van der Waals surface area contributed by atoms with Gasteiger partial charge in [0.1, 0.15) is 11.1 Å². The van der Waals surface area contributed by atoms with Gasteiger partial charge in [-0.15, -0.1) is 0 Å². The molecule has 0 bridgehead atoms. The van der Waals surface area contributed by atoms with Crippen LogP contribution in [0.2, 0.25) is 0 Å². The summed E-state index contributed by atoms with van der Waals surface area (Å²) in [6.45, 7) is 7.50. The van der Waals surface area contributed by atoms with Crippen molar-refractivity contribution in [2.75, 3.05) is 0 Å². The number of rotatable bonds is 2. The van der Waals surface area contributed by atoms with Gasteiger partial charge in [-0.2, -0.15) is 0 Å². The van der Waals surface area contributed by atoms with Crippen LogP contribution in [0.3, 0.4) is 0 Å². The molecule has 1 aliphatic carbocycles. The summed E-state index contributed by atoms with van der Waals surface area (Å²) in [7, 11) is 0. The van der Waals surface area contributed by atoms with Gasteiger partial charge in [0.15, 0.2) is 0 Å². The van der Waals surface area contributed by atoms with E-state index >= 15 is 0 Å². The lowest BCUT2D eigenvalue weighted by molar-refractivity contribution is -0.165. The molecule has 4 nitrogen and oxygen atoms in total. The van der Waals surface area contributed by atoms with E-state index < -0.39 is 11.1 Å². The van der Waals surface area contributed by atoms with Gasteiger partial charge in [0.25, 0.3) is 0 Å². The number of amides is 2. The third kappa shape index (κ3) is 2.26. The second-order valence-corrected chi connectivity index (χ2v) is 6.67. The normalized spacial score (nSPS) is 32.3. The van der Waals surface area contributed by atoms with E-state index in [1.807, 2.05) is 18.7 Å². The zero-order valence-corrected chi connectivity index (χ0v) is 12.6. The standard InChI is InChI=1S/C15H26N2O2/c1-5-15(4)12(18)16-14(2,3)13(19)17(15)11-9-7-6-8-10-11/h11H,5-10H2,1-4H3,(H,16,18). The second-order valence-electron chi connectivity index (χ2n) is 6.67. The van der Waals surface area contributed by atoms with Crippen LogP contribution in [0.1, 0.15) is 66.2 Å². The molecule has 1 atom stereocenters. The molecule has 2 fully saturated rings. The fourth-order valence-corrected chi connectivity index (χ4v) is 3.35. The molecule has 1 aliphatic heterocycles. The summed E-state index contributed by atoms with van der Waals surface area (Å²) in [5.74, 6) is 0.0634. The third-order valence-electron chi connectivity index (χ3n) is 4.83. The van der Waals surface area contributed by atoms with Crippen LogP contribution in [0.15, 0.2) is 0 Å². The number of carbonyl (C=O) groups is 2. The van der Waals surface area contributed by atoms with E-state index in [1.54, 1.807) is 13.8 Å². The van der Waals surface area contributed by atoms with Gasteiger partial charge >= 0.3 is 0 Å². The molecule has 0 aromatic rings. The van der Waals surface area contributed by atoms with Crippen LogP contribution in [0.4, 0.5) is 0 Å². The topological polar surface area (TPSA) is 49.4 Å². The molecule has 108 valence electrons. The quantitative estimate of drug-likeness (QED) is 0.833. The van der Waals surface area contributed by atoms with Crippen molar-refractivity contribution >= 4 is 11.8 Å². The monoisotopic (exact) mass is 266 g/mol. The maximum Gasteiger partial charge on any atom is 0.248 e. The van der Waals surface area contributed by atoms with Crippen molar-refractivity contribution in [2.45, 2.75) is 83.3 Å². The predicted octanol–water partition coefficient (Wildman–Crippen LogP) is 2.22. The van der Waals surface area contributed by atoms with Gasteiger partial charge in [-0.1, -0.05) is 26.2 Å². The van der Waals surface area contributed by atoms with E-state index in [0.717, 1.165) is 25.7 Å². The van der Waals surface area contributed by atoms with Crippen LogP contribution in [0.25, 0.3) is 0 Å². The SMILES string of the molecule is CCC1(C)C(=O)NC(C)(C)C(=O)N1C1CCCCC1. The summed E-state index contributed by atoms with van der Waals surface area (Å²) in [5.41, 5.74) is -1.46. The molecule has 0 aromatic carbocycles. The van der Waals surface area contributed by atoms with Crippen LogP contribution in [-0.2, 0) is 9.59 Å². The first-order valence-electron chi connectivity index (χ1n) is 7.49. The van der Waals surface area contributed by atoms with Gasteiger partial charge in [-0.05, 0) is 40.0 Å². The van der Waals surface area contributed by atoms with E-state index in [9.17, 15) is 9.59 Å². The van der Waals surface area contributed by atoms with Crippen molar-refractivity contribution in [1.82, 2.24) is 10.2 Å². The van der Waals surface area contributed by atoms with E-state index in [-0.39, 0.29) is 17.9 Å². The highest BCUT2D eigenvalue weighted by molar-refractivity contribution is 6.01. The molecule has 0 spiro atoms. The molecule has 19 heavy (non-hydrogen) atoms. The Morgan fingerprint density at radius 3 is 2.26 bits per heavy atom. The minimum absolute atomic E-state index is 0.00910. The number of hydrogen-bond acceptors (Lipinski definition) is 2. The van der Waals surface area contributed by atoms with Crippen molar-refractivity contribution in [3.8, 4) is 0 Å². The van der Waals surface area contributed by atoms with E-state index in [2.05, 4.69) is 5.32 Å². The summed E-state index contributed by atoms with van der Waals surface area (Å²) in [6.07, 6.45) is 6.30. The fourth-order valence-electron chi connectivity index (χ4n) is 3.35. The average molecular weight is 266 g/mol. The van der Waals surface area contributed by atoms with E-state index in [0.29, 0.717) is 6.42 Å². The molecule has 1 unspecified atom stereocenters. The average Bonchev–Trinajstić information content (AvgIpc) is 2.38. The molecule has 1 heterocycles. The van der Waals surface area contributed by atoms with Gasteiger partial charge < -0.3 is 10.2 Å². The summed E-state index contributed by atoms with van der Waals surface area (Å²) in [5, 5.41) is 2.89. The first kappa shape index (κ1) is 14.4. The lowest BCUT2D eigenvalue weighted by Crippen LogP contribution is -2.75. The van der Waals surface area contributed by atoms with Gasteiger partial charge in [0.2, 0.25) is 11.8 Å². The Kier molecular flexibility index (Phi) is 3.63. The molecular weight excluding hydrogens is 240 g/mol. The van der Waals surface area contributed by atoms with Gasteiger partial charge in [0, 0.05) is 6.04 Å². The largest absolute Gasteiger partial charge is 0.340 e. The number of nitrogens with one attached hydrogen (secondary N) is 1. The lowest BCUT2D eigenvalue weighted by atomic mass is 9.82. The molecule has 1 saturated carbocycles. The summed E-state index contributed by atoms with van der Waals surface area (Å²) in [4.78, 5) is 27.1. The summed E-state index contributed by atoms with van der Waals surface area (Å²) >= 11 is 0. The van der Waals surface area contributed by atoms with Crippen LogP contribution >= 0.6 is 0 Å². The Morgan fingerprint density at radius 2 is 1.74 bits per heavy atom. The molecule has 4 heteroatoms. The zero-order valence-electron chi connectivity index (χ0n) is 12.6. The Hall–Kier alpha value is -1.06. The van der Waals surface area contributed by atoms with Gasteiger partial charge in [0.05, 0.1) is 0 Å². The minimum atomic E-state index is -0.775. The maximum atomic E-state index is 12.8. The van der Waals surface area contributed by atoms with Crippen LogP contribution in [-0.4, -0.2) is 33.8 Å². The van der Waals surface area contributed by atoms with E-state index in [4.69, 9.17) is 0 Å². The van der Waals surface area contributed by atoms with Crippen molar-refractivity contribution < 1.29 is 9.59 Å². The van der Waals surface area contributed by atoms with Crippen molar-refractivity contribution in [2.24, 2.45) is 0 Å². The number of nitrogens with zero attached hydrogens (tertiary/aromatic N) is 1. The molecule has 1 saturated heterocycles. The molecule has 0 radical (unpaired) electrons. The molecule has 0 aromatic heterocycles. The highest BCUT2D eigenvalue weighted by Gasteiger charge is 2.53. The highest BCUT2D eigenvalue weighted by atomic mass is 16.2. The van der Waals surface area contributed by atoms with Crippen molar-refractivity contribution in [3.63, 3.8) is 0 Å². The first-order valence-corrected chi connectivity index (χ1v) is 7.49. The molecule has 2 amide bonds. The van der Waals surface area contributed by atoms with Crippen molar-refractivity contribution in [1.29, 1.82) is 0 Å². The van der Waals surface area contributed by atoms with E-state index in [1.165, 1.54) is 6.42 Å². The van der Waals surface area contributed by atoms with Crippen LogP contribution in [0, 0.1) is 0 Å². The smallest absolute Gasteiger partial charge is 0.248 e. The molecule has 1 N–H and O–H groups in total. The predicted molar refractivity (Wildman–Crippen MR) is 74.6 cm³/mol. The summed E-state index contributed by atoms with van der Waals surface area (Å²) < 4.78 is 0. The second kappa shape index (κ2) is 4.80. The fraction of sp³-hybridized carbons (Fsp3) is 0.867. The van der Waals surface area contributed by atoms with Crippen LogP contribution < -0.4 is 5.32 Å². The minimum Gasteiger partial charge on any atom is -0.340 e. The first-order chi connectivity index (χ1) is 8.83. The van der Waals surface area contributed by atoms with Crippen LogP contribution in [0.5, 0.6) is 0 Å². The maximum absolute atomic E-state index is 12.8. The Labute approximate surface area is 115 Å². The third-order valence-corrected chi connectivity index (χ3v) is 4.83. The molecule has 2 rings (SSSR count). The number of carbonyl (C=O) groups excluding carboxylic acids is 2. The van der Waals surface area contributed by atoms with Crippen molar-refractivity contribution in [3.05, 3.63) is 0 Å². The Balaban J connectivity index is 2.37. The van der Waals surface area contributed by atoms with Gasteiger partial charge in [-0.25, -0.2) is 0 Å². The Bertz CT molecular complexity index is 386. The zero-order chi connectivity index (χ0) is 14.3. The number of piperazine rings is 1. The number of hydrogen-bond donors (Lipinski definition) is 1. The van der Waals surface area contributed by atoms with Gasteiger partial charge in [-0.3, -0.25) is 9.59 Å². The Morgan fingerprint density at radius 1 is 1.16 bits per heavy atom. The molecule has 2 aliphatic rings. The summed E-state index contributed by atoms with van der Waals surface area (Å²) in [6, 6.07) is 0.233.